The summed E-state index contributed by atoms with van der Waals surface area (Å²) in [7, 11) is 0. The van der Waals surface area contributed by atoms with Gasteiger partial charge in [-0.3, -0.25) is 4.90 Å². The molecule has 2 aliphatic rings. The fourth-order valence-corrected chi connectivity index (χ4v) is 2.52. The molecule has 0 amide bonds. The number of halogens is 2. The van der Waals surface area contributed by atoms with Crippen LogP contribution in [0.25, 0.3) is 0 Å². The first-order chi connectivity index (χ1) is 6.42. The van der Waals surface area contributed by atoms with Crippen molar-refractivity contribution in [3.8, 4) is 0 Å². The minimum absolute atomic E-state index is 0. The molecule has 2 fully saturated rings. The van der Waals surface area contributed by atoms with Gasteiger partial charge in [-0.2, -0.15) is 0 Å². The summed E-state index contributed by atoms with van der Waals surface area (Å²) in [6, 6.07) is 1.49. The molecule has 0 aliphatic carbocycles. The lowest BCUT2D eigenvalue weighted by molar-refractivity contribution is 0.0138. The van der Waals surface area contributed by atoms with E-state index >= 15 is 0 Å². The fourth-order valence-electron chi connectivity index (χ4n) is 2.52. The molecule has 0 spiro atoms. The monoisotopic (exact) mass is 256 g/mol. The summed E-state index contributed by atoms with van der Waals surface area (Å²) in [5, 5.41) is 3.57. The van der Waals surface area contributed by atoms with Gasteiger partial charge < -0.3 is 10.1 Å². The number of nitrogens with one attached hydrogen (secondary N) is 1. The van der Waals surface area contributed by atoms with Crippen LogP contribution in [0.5, 0.6) is 0 Å². The molecule has 3 nitrogen and oxygen atoms in total. The Labute approximate surface area is 105 Å². The first-order valence-corrected chi connectivity index (χ1v) is 5.47. The van der Waals surface area contributed by atoms with Gasteiger partial charge in [-0.05, 0) is 19.4 Å². The zero-order valence-corrected chi connectivity index (χ0v) is 10.9. The minimum atomic E-state index is 0. The zero-order valence-electron chi connectivity index (χ0n) is 9.28. The summed E-state index contributed by atoms with van der Waals surface area (Å²) >= 11 is 0. The van der Waals surface area contributed by atoms with Crippen LogP contribution in [0.4, 0.5) is 0 Å². The molecule has 0 saturated carbocycles. The molecule has 2 aliphatic heterocycles. The van der Waals surface area contributed by atoms with Gasteiger partial charge in [-0.1, -0.05) is 6.92 Å². The Bertz CT molecular complexity index is 166. The second-order valence-electron chi connectivity index (χ2n) is 3.97. The Kier molecular flexibility index (Phi) is 7.92. The lowest BCUT2D eigenvalue weighted by Gasteiger charge is -2.34. The van der Waals surface area contributed by atoms with E-state index < -0.39 is 0 Å². The Hall–Kier alpha value is 0.460. The van der Waals surface area contributed by atoms with E-state index in [1.165, 1.54) is 19.4 Å². The van der Waals surface area contributed by atoms with Crippen LogP contribution in [0.15, 0.2) is 0 Å². The van der Waals surface area contributed by atoms with Crippen LogP contribution in [0.2, 0.25) is 0 Å². The summed E-state index contributed by atoms with van der Waals surface area (Å²) in [4.78, 5) is 2.59. The van der Waals surface area contributed by atoms with Crippen molar-refractivity contribution in [3.05, 3.63) is 0 Å². The Balaban J connectivity index is 0.000000980. The highest BCUT2D eigenvalue weighted by Crippen LogP contribution is 2.18. The molecule has 2 atom stereocenters. The molecule has 92 valence electrons. The molecule has 0 aromatic carbocycles. The molecule has 2 saturated heterocycles. The molecule has 2 rings (SSSR count). The SMILES string of the molecule is CCC1NCCC1N1CCOCC1.Cl.Cl. The Morgan fingerprint density at radius 1 is 1.27 bits per heavy atom. The number of nitrogens with zero attached hydrogens (tertiary/aromatic N) is 1. The summed E-state index contributed by atoms with van der Waals surface area (Å²) in [5.41, 5.74) is 0. The predicted molar refractivity (Wildman–Crippen MR) is 67.4 cm³/mol. The van der Waals surface area contributed by atoms with Crippen molar-refractivity contribution in [1.29, 1.82) is 0 Å². The van der Waals surface area contributed by atoms with E-state index in [-0.39, 0.29) is 24.8 Å². The molecule has 0 radical (unpaired) electrons. The maximum Gasteiger partial charge on any atom is 0.0594 e. The van der Waals surface area contributed by atoms with Crippen LogP contribution in [-0.2, 0) is 4.74 Å². The highest BCUT2D eigenvalue weighted by molar-refractivity contribution is 5.85. The van der Waals surface area contributed by atoms with Gasteiger partial charge >= 0.3 is 0 Å². The highest BCUT2D eigenvalue weighted by atomic mass is 35.5. The average Bonchev–Trinajstić information content (AvgIpc) is 2.67. The molecule has 15 heavy (non-hydrogen) atoms. The van der Waals surface area contributed by atoms with Gasteiger partial charge in [0.05, 0.1) is 13.2 Å². The van der Waals surface area contributed by atoms with E-state index in [4.69, 9.17) is 4.74 Å². The molecular weight excluding hydrogens is 235 g/mol. The normalized spacial score (nSPS) is 31.8. The third-order valence-corrected chi connectivity index (χ3v) is 3.27. The van der Waals surface area contributed by atoms with Crippen molar-refractivity contribution >= 4 is 24.8 Å². The van der Waals surface area contributed by atoms with Gasteiger partial charge in [0.2, 0.25) is 0 Å². The maximum absolute atomic E-state index is 5.37. The van der Waals surface area contributed by atoms with E-state index in [0.29, 0.717) is 0 Å². The van der Waals surface area contributed by atoms with Crippen molar-refractivity contribution in [2.24, 2.45) is 0 Å². The van der Waals surface area contributed by atoms with Gasteiger partial charge in [0.25, 0.3) is 0 Å². The molecule has 5 heteroatoms. The van der Waals surface area contributed by atoms with Crippen LogP contribution in [0, 0.1) is 0 Å². The van der Waals surface area contributed by atoms with E-state index in [0.717, 1.165) is 38.4 Å². The minimum Gasteiger partial charge on any atom is -0.379 e. The summed E-state index contributed by atoms with van der Waals surface area (Å²) < 4.78 is 5.37. The van der Waals surface area contributed by atoms with Crippen LogP contribution in [0.3, 0.4) is 0 Å². The van der Waals surface area contributed by atoms with E-state index in [1.807, 2.05) is 0 Å². The molecule has 1 N–H and O–H groups in total. The van der Waals surface area contributed by atoms with Gasteiger partial charge in [-0.25, -0.2) is 0 Å². The van der Waals surface area contributed by atoms with E-state index in [2.05, 4.69) is 17.1 Å². The third-order valence-electron chi connectivity index (χ3n) is 3.27. The van der Waals surface area contributed by atoms with Gasteiger partial charge in [0.15, 0.2) is 0 Å². The molecule has 2 unspecified atom stereocenters. The van der Waals surface area contributed by atoms with Crippen molar-refractivity contribution in [2.75, 3.05) is 32.8 Å². The zero-order chi connectivity index (χ0) is 9.10. The standard InChI is InChI=1S/C10H20N2O.2ClH/c1-2-9-10(3-4-11-9)12-5-7-13-8-6-12;;/h9-11H,2-8H2,1H3;2*1H. The molecular formula is C10H22Cl2N2O. The smallest absolute Gasteiger partial charge is 0.0594 e. The van der Waals surface area contributed by atoms with Crippen LogP contribution in [-0.4, -0.2) is 49.8 Å². The average molecular weight is 257 g/mol. The van der Waals surface area contributed by atoms with Crippen molar-refractivity contribution in [3.63, 3.8) is 0 Å². The van der Waals surface area contributed by atoms with Crippen molar-refractivity contribution < 1.29 is 4.74 Å². The molecule has 0 bridgehead atoms. The largest absolute Gasteiger partial charge is 0.379 e. The topological polar surface area (TPSA) is 24.5 Å². The Morgan fingerprint density at radius 3 is 2.53 bits per heavy atom. The summed E-state index contributed by atoms with van der Waals surface area (Å²) in [6.07, 6.45) is 2.57. The number of morpholine rings is 1. The predicted octanol–water partition coefficient (Wildman–Crippen LogP) is 1.30. The van der Waals surface area contributed by atoms with Crippen LogP contribution in [0.1, 0.15) is 19.8 Å². The number of rotatable bonds is 2. The lowest BCUT2D eigenvalue weighted by atomic mass is 10.1. The summed E-state index contributed by atoms with van der Waals surface area (Å²) in [5.74, 6) is 0. The Morgan fingerprint density at radius 2 is 1.93 bits per heavy atom. The number of hydrogen-bond acceptors (Lipinski definition) is 3. The summed E-state index contributed by atoms with van der Waals surface area (Å²) in [6.45, 7) is 7.57. The lowest BCUT2D eigenvalue weighted by Crippen LogP contribution is -2.48. The maximum atomic E-state index is 5.37. The van der Waals surface area contributed by atoms with Gasteiger partial charge in [0, 0.05) is 25.2 Å². The fraction of sp³-hybridized carbons (Fsp3) is 1.00. The van der Waals surface area contributed by atoms with Crippen LogP contribution < -0.4 is 5.32 Å². The van der Waals surface area contributed by atoms with Crippen LogP contribution >= 0.6 is 24.8 Å². The van der Waals surface area contributed by atoms with Gasteiger partial charge in [-0.15, -0.1) is 24.8 Å². The molecule has 0 aromatic rings. The third kappa shape index (κ3) is 3.75. The first kappa shape index (κ1) is 15.5. The van der Waals surface area contributed by atoms with Crippen molar-refractivity contribution in [1.82, 2.24) is 10.2 Å². The first-order valence-electron chi connectivity index (χ1n) is 5.47. The van der Waals surface area contributed by atoms with Crippen molar-refractivity contribution in [2.45, 2.75) is 31.8 Å². The quantitative estimate of drug-likeness (QED) is 0.807. The van der Waals surface area contributed by atoms with E-state index in [9.17, 15) is 0 Å². The van der Waals surface area contributed by atoms with Gasteiger partial charge in [0.1, 0.15) is 0 Å². The second-order valence-corrected chi connectivity index (χ2v) is 3.97. The second kappa shape index (κ2) is 7.69. The molecule has 2 heterocycles. The number of hydrogen-bond donors (Lipinski definition) is 1. The number of ether oxygens (including phenoxy) is 1. The molecule has 0 aromatic heterocycles. The van der Waals surface area contributed by atoms with E-state index in [1.54, 1.807) is 0 Å². The highest BCUT2D eigenvalue weighted by Gasteiger charge is 2.30.